The van der Waals surface area contributed by atoms with Crippen molar-refractivity contribution >= 4 is 34.0 Å². The van der Waals surface area contributed by atoms with Gasteiger partial charge in [-0.05, 0) is 24.8 Å². The molecule has 1 amide bonds. The van der Waals surface area contributed by atoms with Crippen LogP contribution >= 0.6 is 23.1 Å². The van der Waals surface area contributed by atoms with Crippen LogP contribution in [0.25, 0.3) is 0 Å². The number of hydrogen-bond acceptors (Lipinski definition) is 5. The van der Waals surface area contributed by atoms with Gasteiger partial charge in [0.05, 0.1) is 17.4 Å². The summed E-state index contributed by atoms with van der Waals surface area (Å²) in [6.45, 7) is 4.08. The summed E-state index contributed by atoms with van der Waals surface area (Å²) in [5, 5.41) is 11.7. The smallest absolute Gasteiger partial charge is 0.240 e. The van der Waals surface area contributed by atoms with E-state index >= 15 is 0 Å². The minimum atomic E-state index is 0.00842. The van der Waals surface area contributed by atoms with Crippen molar-refractivity contribution in [2.75, 3.05) is 30.4 Å². The summed E-state index contributed by atoms with van der Waals surface area (Å²) < 4.78 is 5.28. The number of anilines is 1. The Morgan fingerprint density at radius 1 is 1.68 bits per heavy atom. The number of thioether (sulfide) groups is 1. The molecule has 1 fully saturated rings. The summed E-state index contributed by atoms with van der Waals surface area (Å²) in [6, 6.07) is 3.90. The number of nitriles is 1. The molecule has 0 aliphatic carbocycles. The average molecular weight is 296 g/mol. The second kappa shape index (κ2) is 6.94. The molecule has 1 atom stereocenters. The van der Waals surface area contributed by atoms with E-state index in [4.69, 9.17) is 10.00 Å². The Morgan fingerprint density at radius 3 is 3.26 bits per heavy atom. The van der Waals surface area contributed by atoms with Crippen LogP contribution in [0.5, 0.6) is 0 Å². The van der Waals surface area contributed by atoms with E-state index in [-0.39, 0.29) is 11.2 Å². The minimum Gasteiger partial charge on any atom is -0.381 e. The van der Waals surface area contributed by atoms with Crippen LogP contribution in [0.4, 0.5) is 5.00 Å². The van der Waals surface area contributed by atoms with Crippen molar-refractivity contribution in [1.82, 2.24) is 0 Å². The Morgan fingerprint density at radius 2 is 2.53 bits per heavy atom. The number of nitrogens with zero attached hydrogens (tertiary/aromatic N) is 2. The molecule has 1 aromatic rings. The second-order valence-electron chi connectivity index (χ2n) is 4.09. The van der Waals surface area contributed by atoms with Crippen molar-refractivity contribution in [3.63, 3.8) is 0 Å². The molecule has 1 aromatic heterocycles. The lowest BCUT2D eigenvalue weighted by molar-refractivity contribution is -0.116. The first kappa shape index (κ1) is 14.4. The molecule has 1 saturated heterocycles. The van der Waals surface area contributed by atoms with Gasteiger partial charge >= 0.3 is 0 Å². The van der Waals surface area contributed by atoms with Crippen LogP contribution in [0.3, 0.4) is 0 Å². The van der Waals surface area contributed by atoms with Gasteiger partial charge in [0.25, 0.3) is 0 Å². The van der Waals surface area contributed by atoms with Gasteiger partial charge in [-0.2, -0.15) is 5.26 Å². The van der Waals surface area contributed by atoms with Crippen molar-refractivity contribution in [2.24, 2.45) is 0 Å². The van der Waals surface area contributed by atoms with Crippen molar-refractivity contribution < 1.29 is 9.53 Å². The Hall–Kier alpha value is -1.03. The highest BCUT2D eigenvalue weighted by atomic mass is 32.2. The van der Waals surface area contributed by atoms with E-state index in [9.17, 15) is 4.79 Å². The highest BCUT2D eigenvalue weighted by Gasteiger charge is 2.34. The van der Waals surface area contributed by atoms with Crippen LogP contribution < -0.4 is 4.90 Å². The highest BCUT2D eigenvalue weighted by Crippen LogP contribution is 2.33. The first-order chi connectivity index (χ1) is 9.27. The summed E-state index contributed by atoms with van der Waals surface area (Å²) in [5.74, 6) is 0.966. The normalized spacial score (nSPS) is 18.8. The second-order valence-corrected chi connectivity index (χ2v) is 6.29. The number of hydrogen-bond donors (Lipinski definition) is 0. The molecule has 1 aliphatic heterocycles. The summed E-state index contributed by atoms with van der Waals surface area (Å²) in [5.41, 5.74) is 0.596. The summed E-state index contributed by atoms with van der Waals surface area (Å²) in [6.07, 6.45) is 0.846. The van der Waals surface area contributed by atoms with Gasteiger partial charge in [-0.25, -0.2) is 0 Å². The van der Waals surface area contributed by atoms with Crippen LogP contribution in [0, 0.1) is 11.3 Å². The van der Waals surface area contributed by atoms with Crippen LogP contribution in [0.1, 0.15) is 18.9 Å². The number of carbonyl (C=O) groups is 1. The summed E-state index contributed by atoms with van der Waals surface area (Å²) >= 11 is 3.11. The van der Waals surface area contributed by atoms with E-state index in [0.717, 1.165) is 17.2 Å². The van der Waals surface area contributed by atoms with Gasteiger partial charge in [-0.1, -0.05) is 0 Å². The number of ether oxygens (including phenoxy) is 1. The van der Waals surface area contributed by atoms with Crippen molar-refractivity contribution in [2.45, 2.75) is 18.6 Å². The zero-order valence-corrected chi connectivity index (χ0v) is 12.4. The lowest BCUT2D eigenvalue weighted by Crippen LogP contribution is -2.28. The van der Waals surface area contributed by atoms with Gasteiger partial charge in [0, 0.05) is 18.9 Å². The first-order valence-corrected chi connectivity index (χ1v) is 8.19. The van der Waals surface area contributed by atoms with E-state index < -0.39 is 0 Å². The van der Waals surface area contributed by atoms with Gasteiger partial charge in [0.2, 0.25) is 5.91 Å². The highest BCUT2D eigenvalue weighted by molar-refractivity contribution is 8.00. The molecule has 19 heavy (non-hydrogen) atoms. The Kier molecular flexibility index (Phi) is 5.25. The third-order valence-electron chi connectivity index (χ3n) is 2.92. The average Bonchev–Trinajstić information content (AvgIpc) is 3.01. The molecule has 4 nitrogen and oxygen atoms in total. The van der Waals surface area contributed by atoms with E-state index in [1.807, 2.05) is 12.3 Å². The van der Waals surface area contributed by atoms with Gasteiger partial charge in [0.1, 0.15) is 11.1 Å². The number of amides is 1. The van der Waals surface area contributed by atoms with Gasteiger partial charge < -0.3 is 9.64 Å². The number of thiophene rings is 1. The molecular formula is C13H16N2O2S2. The van der Waals surface area contributed by atoms with E-state index in [2.05, 4.69) is 6.07 Å². The van der Waals surface area contributed by atoms with Crippen molar-refractivity contribution in [1.29, 1.82) is 5.26 Å². The fourth-order valence-electron chi connectivity index (χ4n) is 2.00. The molecule has 102 valence electrons. The van der Waals surface area contributed by atoms with E-state index in [1.54, 1.807) is 22.7 Å². The molecule has 1 aliphatic rings. The van der Waals surface area contributed by atoms with Gasteiger partial charge in [-0.15, -0.1) is 23.1 Å². The largest absolute Gasteiger partial charge is 0.381 e. The molecular weight excluding hydrogens is 280 g/mol. The van der Waals surface area contributed by atoms with Crippen LogP contribution in [0.15, 0.2) is 11.4 Å². The molecule has 0 radical (unpaired) electrons. The zero-order valence-electron chi connectivity index (χ0n) is 10.8. The predicted molar refractivity (Wildman–Crippen MR) is 78.7 cm³/mol. The Balaban J connectivity index is 1.93. The standard InChI is InChI=1S/C13H16N2O2S2/c1-2-17-6-8-18-11-3-5-15(12(11)16)13-10(9-14)4-7-19-13/h4,7,11H,2-3,5-6,8H2,1H3/t11-/m1/s1. The van der Waals surface area contributed by atoms with Crippen LogP contribution in [-0.2, 0) is 9.53 Å². The molecule has 0 aromatic carbocycles. The van der Waals surface area contributed by atoms with Gasteiger partial charge in [-0.3, -0.25) is 4.79 Å². The monoisotopic (exact) mass is 296 g/mol. The quantitative estimate of drug-likeness (QED) is 0.757. The number of rotatable bonds is 6. The molecule has 0 spiro atoms. The maximum absolute atomic E-state index is 12.3. The molecule has 2 rings (SSSR count). The first-order valence-electron chi connectivity index (χ1n) is 6.26. The lowest BCUT2D eigenvalue weighted by Gasteiger charge is -2.15. The minimum absolute atomic E-state index is 0.00842. The van der Waals surface area contributed by atoms with E-state index in [0.29, 0.717) is 25.3 Å². The molecule has 0 bridgehead atoms. The molecule has 6 heteroatoms. The van der Waals surface area contributed by atoms with Crippen molar-refractivity contribution in [3.05, 3.63) is 17.0 Å². The van der Waals surface area contributed by atoms with Crippen LogP contribution in [0.2, 0.25) is 0 Å². The predicted octanol–water partition coefficient (Wildman–Crippen LogP) is 2.49. The summed E-state index contributed by atoms with van der Waals surface area (Å²) in [7, 11) is 0. The van der Waals surface area contributed by atoms with Crippen LogP contribution in [-0.4, -0.2) is 36.7 Å². The lowest BCUT2D eigenvalue weighted by atomic mass is 10.3. The third kappa shape index (κ3) is 3.30. The Bertz CT molecular complexity index is 481. The Labute approximate surface area is 121 Å². The van der Waals surface area contributed by atoms with Gasteiger partial charge in [0.15, 0.2) is 0 Å². The summed E-state index contributed by atoms with van der Waals surface area (Å²) in [4.78, 5) is 14.0. The van der Waals surface area contributed by atoms with Crippen molar-refractivity contribution in [3.8, 4) is 6.07 Å². The fourth-order valence-corrected chi connectivity index (χ4v) is 3.92. The molecule has 0 saturated carbocycles. The molecule has 0 N–H and O–H groups in total. The zero-order chi connectivity index (χ0) is 13.7. The maximum atomic E-state index is 12.3. The van der Waals surface area contributed by atoms with E-state index in [1.165, 1.54) is 11.3 Å². The SMILES string of the molecule is CCOCCS[C@@H]1CCN(c2sccc2C#N)C1=O. The number of carbonyl (C=O) groups excluding carboxylic acids is 1. The molecule has 0 unspecified atom stereocenters. The topological polar surface area (TPSA) is 53.3 Å². The fraction of sp³-hybridized carbons (Fsp3) is 0.538. The third-order valence-corrected chi connectivity index (χ3v) is 5.10. The molecule has 2 heterocycles. The maximum Gasteiger partial charge on any atom is 0.240 e.